The van der Waals surface area contributed by atoms with E-state index in [-0.39, 0.29) is 10.5 Å². The highest BCUT2D eigenvalue weighted by Gasteiger charge is 2.14. The fourth-order valence-electron chi connectivity index (χ4n) is 1.73. The molecule has 3 heteroatoms. The van der Waals surface area contributed by atoms with E-state index in [9.17, 15) is 0 Å². The van der Waals surface area contributed by atoms with Gasteiger partial charge >= 0.3 is 0 Å². The van der Waals surface area contributed by atoms with E-state index in [1.165, 1.54) is 4.88 Å². The highest BCUT2D eigenvalue weighted by Crippen LogP contribution is 2.31. The van der Waals surface area contributed by atoms with Crippen LogP contribution in [0.15, 0.2) is 41.8 Å². The van der Waals surface area contributed by atoms with Crippen LogP contribution >= 0.6 is 10.5 Å². The molecule has 0 radical (unpaired) electrons. The van der Waals surface area contributed by atoms with Crippen LogP contribution in [0.25, 0.3) is 21.7 Å². The van der Waals surface area contributed by atoms with Crippen molar-refractivity contribution in [3.05, 3.63) is 41.8 Å². The van der Waals surface area contributed by atoms with Gasteiger partial charge in [-0.15, -0.1) is 0 Å². The van der Waals surface area contributed by atoms with Gasteiger partial charge in [-0.25, -0.2) is 4.98 Å². The molecule has 15 heavy (non-hydrogen) atoms. The molecule has 0 bridgehead atoms. The highest BCUT2D eigenvalue weighted by atomic mass is 32.2. The summed E-state index contributed by atoms with van der Waals surface area (Å²) in [4.78, 5) is 9.24. The first-order valence-corrected chi connectivity index (χ1v) is 6.52. The maximum Gasteiger partial charge on any atom is 0.215 e. The lowest BCUT2D eigenvalue weighted by Gasteiger charge is -1.84. The Morgan fingerprint density at radius 1 is 1.13 bits per heavy atom. The Labute approximate surface area is 90.6 Å². The summed E-state index contributed by atoms with van der Waals surface area (Å²) < 4.78 is 0. The number of aromatic nitrogens is 2. The van der Waals surface area contributed by atoms with E-state index in [0.29, 0.717) is 0 Å². The fourth-order valence-corrected chi connectivity index (χ4v) is 2.88. The third-order valence-corrected chi connectivity index (χ3v) is 4.09. The van der Waals surface area contributed by atoms with Crippen LogP contribution in [-0.2, 0) is 6.26 Å². The molecule has 1 aromatic carbocycles. The van der Waals surface area contributed by atoms with Crippen LogP contribution in [-0.4, -0.2) is 9.97 Å². The summed E-state index contributed by atoms with van der Waals surface area (Å²) in [6.07, 6.45) is 2.21. The van der Waals surface area contributed by atoms with Crippen molar-refractivity contribution in [2.45, 2.75) is 0 Å². The van der Waals surface area contributed by atoms with Gasteiger partial charge in [0.1, 0.15) is 11.6 Å². The third kappa shape index (κ3) is 1.36. The predicted molar refractivity (Wildman–Crippen MR) is 65.0 cm³/mol. The molecule has 3 rings (SSSR count). The topological polar surface area (TPSA) is 28.7 Å². The van der Waals surface area contributed by atoms with E-state index < -0.39 is 0 Å². The number of nitrogens with zero attached hydrogens (tertiary/aromatic N) is 1. The van der Waals surface area contributed by atoms with E-state index in [1.54, 1.807) is 0 Å². The lowest BCUT2D eigenvalue weighted by atomic mass is 10.3. The minimum atomic E-state index is 0.199. The third-order valence-electron chi connectivity index (χ3n) is 2.50. The molecule has 0 aliphatic rings. The van der Waals surface area contributed by atoms with E-state index in [4.69, 9.17) is 0 Å². The molecule has 1 unspecified atom stereocenters. The van der Waals surface area contributed by atoms with Crippen molar-refractivity contribution in [1.82, 2.24) is 9.97 Å². The highest BCUT2D eigenvalue weighted by molar-refractivity contribution is 7.31. The molecule has 0 aliphatic carbocycles. The van der Waals surface area contributed by atoms with Gasteiger partial charge in [0.2, 0.25) is 4.88 Å². The summed E-state index contributed by atoms with van der Waals surface area (Å²) in [5.74, 6) is 1.01. The molecule has 1 N–H and O–H groups in total. The van der Waals surface area contributed by atoms with Crippen LogP contribution in [0.1, 0.15) is 0 Å². The number of rotatable bonds is 1. The van der Waals surface area contributed by atoms with Crippen LogP contribution in [0.2, 0.25) is 0 Å². The predicted octanol–water partition coefficient (Wildman–Crippen LogP) is 3.52. The van der Waals surface area contributed by atoms with Gasteiger partial charge in [0.05, 0.1) is 11.0 Å². The number of benzene rings is 1. The van der Waals surface area contributed by atoms with Crippen LogP contribution in [0.3, 0.4) is 0 Å². The van der Waals surface area contributed by atoms with Crippen molar-refractivity contribution in [2.75, 3.05) is 0 Å². The molecule has 1 atom stereocenters. The number of hydrogen-bond acceptors (Lipinski definition) is 1. The molecule has 2 aromatic heterocycles. The molecule has 2 nitrogen and oxygen atoms in total. The van der Waals surface area contributed by atoms with Gasteiger partial charge in [0, 0.05) is 6.07 Å². The minimum absolute atomic E-state index is 0.199. The number of thiophene rings is 1. The summed E-state index contributed by atoms with van der Waals surface area (Å²) in [7, 11) is 0.199. The smallest absolute Gasteiger partial charge is 0.215 e. The van der Waals surface area contributed by atoms with Crippen LogP contribution in [0.4, 0.5) is 0 Å². The number of para-hydroxylation sites is 2. The van der Waals surface area contributed by atoms with Gasteiger partial charge in [0.15, 0.2) is 5.82 Å². The van der Waals surface area contributed by atoms with Crippen molar-refractivity contribution < 1.29 is 0 Å². The van der Waals surface area contributed by atoms with Crippen molar-refractivity contribution in [2.24, 2.45) is 6.26 Å². The number of aromatic amines is 1. The molecule has 0 amide bonds. The van der Waals surface area contributed by atoms with E-state index in [2.05, 4.69) is 39.8 Å². The van der Waals surface area contributed by atoms with E-state index in [0.717, 1.165) is 16.9 Å². The SMILES string of the molecule is C[s+]1cccc1-c1nc2ccccc2[nH]1. The fraction of sp³-hybridized carbons (Fsp3) is 0.0833. The van der Waals surface area contributed by atoms with Gasteiger partial charge < -0.3 is 4.98 Å². The summed E-state index contributed by atoms with van der Waals surface area (Å²) in [5.41, 5.74) is 2.15. The number of imidazole rings is 1. The van der Waals surface area contributed by atoms with Crippen molar-refractivity contribution in [1.29, 1.82) is 0 Å². The zero-order chi connectivity index (χ0) is 10.3. The number of nitrogens with one attached hydrogen (secondary N) is 1. The largest absolute Gasteiger partial charge is 0.334 e. The molecule has 0 aliphatic heterocycles. The Morgan fingerprint density at radius 2 is 2.00 bits per heavy atom. The summed E-state index contributed by atoms with van der Waals surface area (Å²) in [6.45, 7) is 0. The minimum Gasteiger partial charge on any atom is -0.334 e. The van der Waals surface area contributed by atoms with E-state index >= 15 is 0 Å². The van der Waals surface area contributed by atoms with Gasteiger partial charge in [-0.3, -0.25) is 0 Å². The van der Waals surface area contributed by atoms with Gasteiger partial charge in [-0.05, 0) is 28.7 Å². The van der Waals surface area contributed by atoms with Crippen LogP contribution in [0.5, 0.6) is 0 Å². The lowest BCUT2D eigenvalue weighted by molar-refractivity contribution is 1.36. The van der Waals surface area contributed by atoms with Crippen molar-refractivity contribution in [3.63, 3.8) is 0 Å². The van der Waals surface area contributed by atoms with Gasteiger partial charge in [-0.2, -0.15) is 0 Å². The Hall–Kier alpha value is -1.61. The first-order valence-electron chi connectivity index (χ1n) is 4.83. The Kier molecular flexibility index (Phi) is 1.86. The number of H-pyrrole nitrogens is 1. The second kappa shape index (κ2) is 3.21. The average Bonchev–Trinajstić information content (AvgIpc) is 2.82. The Balaban J connectivity index is 2.24. The normalized spacial score (nSPS) is 12.2. The average molecular weight is 215 g/mol. The van der Waals surface area contributed by atoms with Crippen molar-refractivity contribution >= 4 is 21.5 Å². The summed E-state index contributed by atoms with van der Waals surface area (Å²) in [6, 6.07) is 12.4. The Morgan fingerprint density at radius 3 is 2.73 bits per heavy atom. The monoisotopic (exact) mass is 215 g/mol. The zero-order valence-electron chi connectivity index (χ0n) is 8.40. The van der Waals surface area contributed by atoms with Gasteiger partial charge in [0.25, 0.3) is 0 Å². The molecule has 0 fully saturated rings. The molecule has 74 valence electrons. The molecule has 2 heterocycles. The summed E-state index contributed by atoms with van der Waals surface area (Å²) in [5, 5.41) is 2.21. The molecule has 0 saturated heterocycles. The maximum atomic E-state index is 4.59. The van der Waals surface area contributed by atoms with Crippen molar-refractivity contribution in [3.8, 4) is 10.7 Å². The Bertz CT molecular complexity index is 574. The second-order valence-electron chi connectivity index (χ2n) is 3.52. The van der Waals surface area contributed by atoms with Gasteiger partial charge in [-0.1, -0.05) is 12.1 Å². The summed E-state index contributed by atoms with van der Waals surface area (Å²) >= 11 is 0. The maximum absolute atomic E-state index is 4.59. The first-order chi connectivity index (χ1) is 7.34. The number of hydrogen-bond donors (Lipinski definition) is 1. The first kappa shape index (κ1) is 8.68. The van der Waals surface area contributed by atoms with Crippen LogP contribution < -0.4 is 0 Å². The molecule has 0 spiro atoms. The molecular weight excluding hydrogens is 204 g/mol. The number of aryl methyl sites for hydroxylation is 1. The second-order valence-corrected chi connectivity index (χ2v) is 5.35. The van der Waals surface area contributed by atoms with E-state index in [1.807, 2.05) is 18.2 Å². The number of fused-ring (bicyclic) bond motifs is 1. The molecular formula is C12H11N2S+. The quantitative estimate of drug-likeness (QED) is 0.618. The lowest BCUT2D eigenvalue weighted by Crippen LogP contribution is -1.74. The molecule has 0 saturated carbocycles. The standard InChI is InChI=1S/C12H11N2S/c1-15-8-4-7-11(15)12-13-9-5-2-3-6-10(9)14-12/h2-8H,1H3,(H,13,14)/q+1. The van der Waals surface area contributed by atoms with Crippen LogP contribution in [0, 0.1) is 0 Å². The molecule has 3 aromatic rings. The zero-order valence-corrected chi connectivity index (χ0v) is 9.21.